The Morgan fingerprint density at radius 1 is 1.10 bits per heavy atom. The van der Waals surface area contributed by atoms with Crippen molar-refractivity contribution in [1.82, 2.24) is 0 Å². The second kappa shape index (κ2) is 6.39. The summed E-state index contributed by atoms with van der Waals surface area (Å²) in [5, 5.41) is 0. The summed E-state index contributed by atoms with van der Waals surface area (Å²) in [5.74, 6) is -0.712. The molecule has 0 N–H and O–H groups in total. The highest BCUT2D eigenvalue weighted by molar-refractivity contribution is 5.98. The lowest BCUT2D eigenvalue weighted by Gasteiger charge is -2.14. The third-order valence-electron chi connectivity index (χ3n) is 3.38. The van der Waals surface area contributed by atoms with Gasteiger partial charge >= 0.3 is 5.97 Å². The van der Waals surface area contributed by atoms with E-state index in [1.54, 1.807) is 36.4 Å². The van der Waals surface area contributed by atoms with Gasteiger partial charge < -0.3 is 9.47 Å². The summed E-state index contributed by atoms with van der Waals surface area (Å²) in [6.45, 7) is 1.87. The van der Waals surface area contributed by atoms with E-state index in [0.29, 0.717) is 28.7 Å². The van der Waals surface area contributed by atoms with E-state index in [1.165, 1.54) is 14.2 Å². The molecule has 3 nitrogen and oxygen atoms in total. The number of methoxy groups -OCH3 is 2. The molecule has 2 aromatic rings. The van der Waals surface area contributed by atoms with E-state index >= 15 is 0 Å². The molecular weight excluding hydrogens is 271 g/mol. The number of aryl methyl sites for hydroxylation is 1. The molecule has 0 heterocycles. The largest absolute Gasteiger partial charge is 0.493 e. The zero-order valence-corrected chi connectivity index (χ0v) is 12.3. The maximum absolute atomic E-state index is 14.4. The lowest BCUT2D eigenvalue weighted by Crippen LogP contribution is -2.05. The van der Waals surface area contributed by atoms with Crippen LogP contribution in [0.4, 0.5) is 4.39 Å². The molecule has 0 saturated carbocycles. The molecule has 0 saturated heterocycles. The molecule has 2 rings (SSSR count). The summed E-state index contributed by atoms with van der Waals surface area (Å²) in [5.41, 5.74) is 2.07. The molecule has 110 valence electrons. The molecule has 0 bridgehead atoms. The topological polar surface area (TPSA) is 35.5 Å². The summed E-state index contributed by atoms with van der Waals surface area (Å²) < 4.78 is 24.4. The van der Waals surface area contributed by atoms with Gasteiger partial charge in [0.25, 0.3) is 0 Å². The highest BCUT2D eigenvalue weighted by atomic mass is 19.1. The van der Waals surface area contributed by atoms with Gasteiger partial charge in [-0.15, -0.1) is 0 Å². The standard InChI is InChI=1S/C17H17FO3/c1-4-11-9-10-13(16(20-2)15(11)18)12-7-5-6-8-14(12)17(19)21-3/h5-10H,4H2,1-3H3. The fourth-order valence-electron chi connectivity index (χ4n) is 2.29. The Bertz CT molecular complexity index is 665. The molecule has 0 aliphatic rings. The van der Waals surface area contributed by atoms with Gasteiger partial charge in [0, 0.05) is 5.56 Å². The number of hydrogen-bond donors (Lipinski definition) is 0. The lowest BCUT2D eigenvalue weighted by atomic mass is 9.96. The maximum atomic E-state index is 14.4. The number of hydrogen-bond acceptors (Lipinski definition) is 3. The molecular formula is C17H17FO3. The van der Waals surface area contributed by atoms with Crippen molar-refractivity contribution in [3.63, 3.8) is 0 Å². The van der Waals surface area contributed by atoms with E-state index in [9.17, 15) is 9.18 Å². The average molecular weight is 288 g/mol. The SMILES string of the molecule is CCc1ccc(-c2ccccc2C(=O)OC)c(OC)c1F. The zero-order chi connectivity index (χ0) is 15.4. The van der Waals surface area contributed by atoms with Crippen molar-refractivity contribution >= 4 is 5.97 Å². The van der Waals surface area contributed by atoms with Crippen LogP contribution in [0.3, 0.4) is 0 Å². The number of halogens is 1. The number of carbonyl (C=O) groups is 1. The van der Waals surface area contributed by atoms with E-state index in [1.807, 2.05) is 6.92 Å². The van der Waals surface area contributed by atoms with Crippen molar-refractivity contribution in [2.75, 3.05) is 14.2 Å². The van der Waals surface area contributed by atoms with E-state index in [2.05, 4.69) is 0 Å². The van der Waals surface area contributed by atoms with Gasteiger partial charge in [-0.3, -0.25) is 0 Å². The zero-order valence-electron chi connectivity index (χ0n) is 12.3. The van der Waals surface area contributed by atoms with Gasteiger partial charge in [0.1, 0.15) is 0 Å². The molecule has 0 aromatic heterocycles. The molecule has 4 heteroatoms. The fraction of sp³-hybridized carbons (Fsp3) is 0.235. The van der Waals surface area contributed by atoms with Crippen LogP contribution in [-0.4, -0.2) is 20.2 Å². The smallest absolute Gasteiger partial charge is 0.338 e. The molecule has 0 aliphatic heterocycles. The minimum absolute atomic E-state index is 0.144. The number of esters is 1. The Morgan fingerprint density at radius 3 is 2.43 bits per heavy atom. The highest BCUT2D eigenvalue weighted by Crippen LogP contribution is 2.36. The molecule has 21 heavy (non-hydrogen) atoms. The van der Waals surface area contributed by atoms with Crippen LogP contribution in [0.25, 0.3) is 11.1 Å². The molecule has 2 aromatic carbocycles. The first kappa shape index (κ1) is 15.0. The van der Waals surface area contributed by atoms with Crippen LogP contribution < -0.4 is 4.74 Å². The van der Waals surface area contributed by atoms with Crippen LogP contribution in [0.5, 0.6) is 5.75 Å². The average Bonchev–Trinajstić information content (AvgIpc) is 2.53. The van der Waals surface area contributed by atoms with Gasteiger partial charge in [0.15, 0.2) is 11.6 Å². The number of carbonyl (C=O) groups excluding carboxylic acids is 1. The predicted molar refractivity (Wildman–Crippen MR) is 79.1 cm³/mol. The summed E-state index contributed by atoms with van der Waals surface area (Å²) in [7, 11) is 2.74. The van der Waals surface area contributed by atoms with Crippen LogP contribution in [0.15, 0.2) is 36.4 Å². The molecule has 0 unspecified atom stereocenters. The van der Waals surface area contributed by atoms with E-state index in [0.717, 1.165) is 0 Å². The van der Waals surface area contributed by atoms with E-state index < -0.39 is 11.8 Å². The van der Waals surface area contributed by atoms with Crippen LogP contribution in [0.2, 0.25) is 0 Å². The Kier molecular flexibility index (Phi) is 4.58. The third kappa shape index (κ3) is 2.75. The van der Waals surface area contributed by atoms with Crippen LogP contribution >= 0.6 is 0 Å². The van der Waals surface area contributed by atoms with Crippen molar-refractivity contribution < 1.29 is 18.7 Å². The fourth-order valence-corrected chi connectivity index (χ4v) is 2.29. The van der Waals surface area contributed by atoms with Crippen molar-refractivity contribution in [2.24, 2.45) is 0 Å². The molecule has 0 spiro atoms. The van der Waals surface area contributed by atoms with Crippen LogP contribution in [-0.2, 0) is 11.2 Å². The normalized spacial score (nSPS) is 10.3. The second-order valence-corrected chi connectivity index (χ2v) is 4.51. The molecule has 0 fully saturated rings. The Balaban J connectivity index is 2.68. The minimum atomic E-state index is -0.465. The summed E-state index contributed by atoms with van der Waals surface area (Å²) in [6, 6.07) is 10.4. The van der Waals surface area contributed by atoms with Gasteiger partial charge in [0.05, 0.1) is 19.8 Å². The minimum Gasteiger partial charge on any atom is -0.493 e. The lowest BCUT2D eigenvalue weighted by molar-refractivity contribution is 0.0601. The molecule has 0 aliphatic carbocycles. The van der Waals surface area contributed by atoms with Gasteiger partial charge in [-0.2, -0.15) is 0 Å². The van der Waals surface area contributed by atoms with Gasteiger partial charge in [0.2, 0.25) is 0 Å². The quantitative estimate of drug-likeness (QED) is 0.802. The van der Waals surface area contributed by atoms with Crippen LogP contribution in [0, 0.1) is 5.82 Å². The monoisotopic (exact) mass is 288 g/mol. The van der Waals surface area contributed by atoms with Crippen LogP contribution in [0.1, 0.15) is 22.8 Å². The maximum Gasteiger partial charge on any atom is 0.338 e. The molecule has 0 atom stereocenters. The van der Waals surface area contributed by atoms with Crippen molar-refractivity contribution in [3.05, 3.63) is 53.3 Å². The molecule has 0 amide bonds. The Hall–Kier alpha value is -2.36. The first-order valence-corrected chi connectivity index (χ1v) is 6.67. The number of benzene rings is 2. The Morgan fingerprint density at radius 2 is 1.81 bits per heavy atom. The van der Waals surface area contributed by atoms with E-state index in [4.69, 9.17) is 9.47 Å². The van der Waals surface area contributed by atoms with E-state index in [-0.39, 0.29) is 5.75 Å². The summed E-state index contributed by atoms with van der Waals surface area (Å²) >= 11 is 0. The van der Waals surface area contributed by atoms with Crippen molar-refractivity contribution in [3.8, 4) is 16.9 Å². The van der Waals surface area contributed by atoms with Gasteiger partial charge in [-0.1, -0.05) is 37.3 Å². The third-order valence-corrected chi connectivity index (χ3v) is 3.38. The molecule has 0 radical (unpaired) electrons. The first-order chi connectivity index (χ1) is 10.1. The predicted octanol–water partition coefficient (Wildman–Crippen LogP) is 3.85. The summed E-state index contributed by atoms with van der Waals surface area (Å²) in [4.78, 5) is 11.9. The summed E-state index contributed by atoms with van der Waals surface area (Å²) in [6.07, 6.45) is 0.571. The van der Waals surface area contributed by atoms with Gasteiger partial charge in [-0.25, -0.2) is 9.18 Å². The van der Waals surface area contributed by atoms with Crippen molar-refractivity contribution in [2.45, 2.75) is 13.3 Å². The number of rotatable bonds is 4. The van der Waals surface area contributed by atoms with Gasteiger partial charge in [-0.05, 0) is 23.6 Å². The van der Waals surface area contributed by atoms with Crippen molar-refractivity contribution in [1.29, 1.82) is 0 Å². The second-order valence-electron chi connectivity index (χ2n) is 4.51. The Labute approximate surface area is 123 Å². The first-order valence-electron chi connectivity index (χ1n) is 6.67. The highest BCUT2D eigenvalue weighted by Gasteiger charge is 2.19. The number of ether oxygens (including phenoxy) is 2.